The molecule has 16 heavy (non-hydrogen) atoms. The number of hydrogen-bond acceptors (Lipinski definition) is 1. The molecule has 0 aliphatic heterocycles. The number of halogens is 3. The van der Waals surface area contributed by atoms with Crippen LogP contribution in [0.25, 0.3) is 0 Å². The molecule has 0 heterocycles. The smallest absolute Gasteiger partial charge is 0.398 e. The molecule has 0 aliphatic rings. The van der Waals surface area contributed by atoms with Crippen LogP contribution in [0.15, 0.2) is 12.1 Å². The SMILES string of the molecule is Cc1c(N)cc(C(C)(C)C)cc1C(F)(F)F. The number of rotatable bonds is 0. The number of nitrogens with two attached hydrogens (primary N) is 1. The third kappa shape index (κ3) is 2.49. The van der Waals surface area contributed by atoms with Gasteiger partial charge in [-0.2, -0.15) is 13.2 Å². The minimum atomic E-state index is -4.35. The van der Waals surface area contributed by atoms with Crippen LogP contribution in [-0.4, -0.2) is 0 Å². The van der Waals surface area contributed by atoms with E-state index in [0.717, 1.165) is 0 Å². The van der Waals surface area contributed by atoms with Crippen LogP contribution in [0, 0.1) is 6.92 Å². The molecule has 2 N–H and O–H groups in total. The second-order valence-corrected chi connectivity index (χ2v) is 4.99. The van der Waals surface area contributed by atoms with Crippen molar-refractivity contribution in [2.45, 2.75) is 39.3 Å². The summed E-state index contributed by atoms with van der Waals surface area (Å²) in [6.45, 7) is 6.97. The fourth-order valence-electron chi connectivity index (χ4n) is 1.46. The van der Waals surface area contributed by atoms with Gasteiger partial charge in [0.2, 0.25) is 0 Å². The van der Waals surface area contributed by atoms with Crippen molar-refractivity contribution in [3.05, 3.63) is 28.8 Å². The normalized spacial score (nSPS) is 12.9. The van der Waals surface area contributed by atoms with Gasteiger partial charge < -0.3 is 5.73 Å². The Morgan fingerprint density at radius 1 is 1.06 bits per heavy atom. The van der Waals surface area contributed by atoms with Crippen LogP contribution in [0.3, 0.4) is 0 Å². The second kappa shape index (κ2) is 3.68. The highest BCUT2D eigenvalue weighted by Gasteiger charge is 2.34. The first-order valence-electron chi connectivity index (χ1n) is 5.01. The van der Waals surface area contributed by atoms with Gasteiger partial charge in [-0.25, -0.2) is 0 Å². The van der Waals surface area contributed by atoms with Crippen molar-refractivity contribution in [2.75, 3.05) is 5.73 Å². The number of nitrogen functional groups attached to an aromatic ring is 1. The van der Waals surface area contributed by atoms with E-state index in [9.17, 15) is 13.2 Å². The van der Waals surface area contributed by atoms with Gasteiger partial charge in [0, 0.05) is 5.69 Å². The van der Waals surface area contributed by atoms with Gasteiger partial charge in [0.15, 0.2) is 0 Å². The Bertz CT molecular complexity index is 400. The van der Waals surface area contributed by atoms with Crippen LogP contribution in [-0.2, 0) is 11.6 Å². The van der Waals surface area contributed by atoms with E-state index in [4.69, 9.17) is 5.73 Å². The number of alkyl halides is 3. The van der Waals surface area contributed by atoms with Crippen molar-refractivity contribution in [1.29, 1.82) is 0 Å². The molecular formula is C12H16F3N. The van der Waals surface area contributed by atoms with Crippen LogP contribution in [0.2, 0.25) is 0 Å². The minimum absolute atomic E-state index is 0.0977. The van der Waals surface area contributed by atoms with Crippen LogP contribution >= 0.6 is 0 Å². The third-order valence-electron chi connectivity index (χ3n) is 2.62. The molecule has 0 saturated heterocycles. The zero-order valence-electron chi connectivity index (χ0n) is 9.87. The van der Waals surface area contributed by atoms with Crippen LogP contribution in [0.5, 0.6) is 0 Å². The van der Waals surface area contributed by atoms with E-state index in [-0.39, 0.29) is 16.7 Å². The van der Waals surface area contributed by atoms with E-state index in [2.05, 4.69) is 0 Å². The highest BCUT2D eigenvalue weighted by molar-refractivity contribution is 5.55. The molecule has 1 nitrogen and oxygen atoms in total. The molecule has 0 fully saturated rings. The predicted molar refractivity (Wildman–Crippen MR) is 59.3 cm³/mol. The fraction of sp³-hybridized carbons (Fsp3) is 0.500. The molecule has 0 atom stereocenters. The van der Waals surface area contributed by atoms with E-state index in [1.807, 2.05) is 20.8 Å². The standard InChI is InChI=1S/C12H16F3N/c1-7-9(12(13,14)15)5-8(6-10(7)16)11(2,3)4/h5-6H,16H2,1-4H3. The number of benzene rings is 1. The van der Waals surface area contributed by atoms with Gasteiger partial charge in [-0.3, -0.25) is 0 Å². The summed E-state index contributed by atoms with van der Waals surface area (Å²) >= 11 is 0. The zero-order chi connectivity index (χ0) is 12.7. The van der Waals surface area contributed by atoms with Gasteiger partial charge in [-0.15, -0.1) is 0 Å². The lowest BCUT2D eigenvalue weighted by Gasteiger charge is -2.22. The summed E-state index contributed by atoms with van der Waals surface area (Å²) in [6, 6.07) is 2.80. The Balaban J connectivity index is 3.46. The van der Waals surface area contributed by atoms with Crippen LogP contribution in [0.4, 0.5) is 18.9 Å². The molecule has 0 aliphatic carbocycles. The molecule has 1 aromatic carbocycles. The monoisotopic (exact) mass is 231 g/mol. The van der Waals surface area contributed by atoms with Crippen molar-refractivity contribution in [1.82, 2.24) is 0 Å². The Hall–Kier alpha value is -1.19. The van der Waals surface area contributed by atoms with E-state index < -0.39 is 11.7 Å². The molecule has 0 radical (unpaired) electrons. The molecule has 0 bridgehead atoms. The van der Waals surface area contributed by atoms with Crippen LogP contribution in [0.1, 0.15) is 37.5 Å². The van der Waals surface area contributed by atoms with Crippen molar-refractivity contribution < 1.29 is 13.2 Å². The Labute approximate surface area is 93.5 Å². The molecule has 0 saturated carbocycles. The molecule has 0 aromatic heterocycles. The van der Waals surface area contributed by atoms with E-state index in [0.29, 0.717) is 5.56 Å². The van der Waals surface area contributed by atoms with Gasteiger partial charge in [0.1, 0.15) is 0 Å². The largest absolute Gasteiger partial charge is 0.416 e. The first-order chi connectivity index (χ1) is 7.03. The van der Waals surface area contributed by atoms with Gasteiger partial charge in [0.25, 0.3) is 0 Å². The first kappa shape index (κ1) is 12.9. The molecule has 0 spiro atoms. The topological polar surface area (TPSA) is 26.0 Å². The second-order valence-electron chi connectivity index (χ2n) is 4.99. The molecule has 90 valence electrons. The fourth-order valence-corrected chi connectivity index (χ4v) is 1.46. The minimum Gasteiger partial charge on any atom is -0.398 e. The van der Waals surface area contributed by atoms with Gasteiger partial charge in [0.05, 0.1) is 5.56 Å². The van der Waals surface area contributed by atoms with Gasteiger partial charge in [-0.05, 0) is 35.6 Å². The van der Waals surface area contributed by atoms with Crippen molar-refractivity contribution in [3.63, 3.8) is 0 Å². The maximum absolute atomic E-state index is 12.7. The van der Waals surface area contributed by atoms with Crippen LogP contribution < -0.4 is 5.73 Å². The van der Waals surface area contributed by atoms with Crippen molar-refractivity contribution >= 4 is 5.69 Å². The third-order valence-corrected chi connectivity index (χ3v) is 2.62. The molecule has 1 aromatic rings. The van der Waals surface area contributed by atoms with Gasteiger partial charge >= 0.3 is 6.18 Å². The molecule has 1 rings (SSSR count). The summed E-state index contributed by atoms with van der Waals surface area (Å²) in [7, 11) is 0. The maximum atomic E-state index is 12.7. The number of anilines is 1. The van der Waals surface area contributed by atoms with Crippen molar-refractivity contribution in [2.24, 2.45) is 0 Å². The molecule has 0 amide bonds. The Kier molecular flexibility index (Phi) is 2.96. The Morgan fingerprint density at radius 2 is 1.56 bits per heavy atom. The summed E-state index contributed by atoms with van der Waals surface area (Å²) in [4.78, 5) is 0. The Morgan fingerprint density at radius 3 is 1.94 bits per heavy atom. The predicted octanol–water partition coefficient (Wildman–Crippen LogP) is 3.89. The van der Waals surface area contributed by atoms with Crippen molar-refractivity contribution in [3.8, 4) is 0 Å². The quantitative estimate of drug-likeness (QED) is 0.673. The summed E-state index contributed by atoms with van der Waals surface area (Å²) in [6.07, 6.45) is -4.35. The average Bonchev–Trinajstić information content (AvgIpc) is 2.05. The highest BCUT2D eigenvalue weighted by atomic mass is 19.4. The van der Waals surface area contributed by atoms with E-state index in [1.165, 1.54) is 13.0 Å². The lowest BCUT2D eigenvalue weighted by molar-refractivity contribution is -0.138. The summed E-state index contributed by atoms with van der Waals surface area (Å²) < 4.78 is 38.2. The number of hydrogen-bond donors (Lipinski definition) is 1. The first-order valence-corrected chi connectivity index (χ1v) is 5.01. The summed E-state index contributed by atoms with van der Waals surface area (Å²) in [5, 5.41) is 0. The molecule has 4 heteroatoms. The lowest BCUT2D eigenvalue weighted by Crippen LogP contribution is -2.16. The summed E-state index contributed by atoms with van der Waals surface area (Å²) in [5.41, 5.74) is 5.52. The molecule has 0 unspecified atom stereocenters. The lowest BCUT2D eigenvalue weighted by atomic mass is 9.84. The summed E-state index contributed by atoms with van der Waals surface area (Å²) in [5.74, 6) is 0. The highest BCUT2D eigenvalue weighted by Crippen LogP contribution is 2.37. The maximum Gasteiger partial charge on any atom is 0.416 e. The van der Waals surface area contributed by atoms with Gasteiger partial charge in [-0.1, -0.05) is 20.8 Å². The molecular weight excluding hydrogens is 215 g/mol. The van der Waals surface area contributed by atoms with E-state index >= 15 is 0 Å². The average molecular weight is 231 g/mol. The van der Waals surface area contributed by atoms with E-state index in [1.54, 1.807) is 6.07 Å². The zero-order valence-corrected chi connectivity index (χ0v) is 9.87.